The lowest BCUT2D eigenvalue weighted by atomic mass is 9.64. The normalized spacial score (nSPS) is 30.2. The van der Waals surface area contributed by atoms with Crippen LogP contribution in [0.1, 0.15) is 164 Å². The van der Waals surface area contributed by atoms with Gasteiger partial charge in [0.05, 0.1) is 116 Å². The number of amides is 1. The Morgan fingerprint density at radius 3 is 1.06 bits per heavy atom. The fraction of sp³-hybridized carbons (Fsp3) is 0.395. The van der Waals surface area contributed by atoms with E-state index >= 15 is 0 Å². The molecule has 0 bridgehead atoms. The molecule has 10 aliphatic rings. The van der Waals surface area contributed by atoms with E-state index in [9.17, 15) is 61.2 Å². The Balaban J connectivity index is 0.000000129. The van der Waals surface area contributed by atoms with Crippen LogP contribution >= 0.6 is 0 Å². The molecule has 5 aliphatic heterocycles. The number of rotatable bonds is 15. The van der Waals surface area contributed by atoms with E-state index in [1.54, 1.807) is 48.1 Å². The molecule has 0 spiro atoms. The van der Waals surface area contributed by atoms with Gasteiger partial charge in [0.25, 0.3) is 0 Å². The van der Waals surface area contributed by atoms with Gasteiger partial charge in [0.1, 0.15) is 6.10 Å². The Bertz CT molecular complexity index is 6850. The van der Waals surface area contributed by atoms with Gasteiger partial charge in [-0.2, -0.15) is 26.3 Å². The first-order valence-electron chi connectivity index (χ1n) is 50.6. The average Bonchev–Trinajstić information content (AvgIpc) is 1.60. The Morgan fingerprint density at radius 1 is 0.361 bits per heavy atom. The smallest absolute Gasteiger partial charge is 0.306 e. The van der Waals surface area contributed by atoms with Crippen molar-refractivity contribution in [1.82, 2.24) is 39.3 Å². The summed E-state index contributed by atoms with van der Waals surface area (Å²) in [5.74, 6) is 8.80. The molecular weight excluding hydrogens is 1850 g/mol. The molecule has 5 aromatic carbocycles. The molecular formula is C119H127N13O9S3. The van der Waals surface area contributed by atoms with E-state index in [1.165, 1.54) is 0 Å². The number of hydrogen-bond acceptors (Lipinski definition) is 19. The lowest BCUT2D eigenvalue weighted by Gasteiger charge is -2.41. The van der Waals surface area contributed by atoms with Crippen molar-refractivity contribution in [3.05, 3.63) is 300 Å². The van der Waals surface area contributed by atoms with Crippen molar-refractivity contribution in [3.8, 4) is 86.0 Å². The molecule has 0 radical (unpaired) electrons. The highest BCUT2D eigenvalue weighted by molar-refractivity contribution is 7.91. The Labute approximate surface area is 849 Å². The number of carbonyl (C=O) groups excluding carboxylic acids is 2. The van der Waals surface area contributed by atoms with Crippen molar-refractivity contribution >= 4 is 72.1 Å². The number of fused-ring (bicyclic) bond motifs is 5. The number of allylic oxidation sites excluding steroid dienone is 5. The minimum atomic E-state index is -3.19. The second-order valence-corrected chi connectivity index (χ2v) is 47.9. The lowest BCUT2D eigenvalue weighted by molar-refractivity contribution is -0.142. The number of hydrogen-bond donors (Lipinski definition) is 2. The highest BCUT2D eigenvalue weighted by Gasteiger charge is 2.54. The maximum atomic E-state index is 12.5. The van der Waals surface area contributed by atoms with E-state index in [2.05, 4.69) is 177 Å². The molecule has 2 N–H and O–H groups in total. The minimum absolute atomic E-state index is 0.0613. The van der Waals surface area contributed by atoms with Crippen molar-refractivity contribution in [1.29, 1.82) is 26.3 Å². The van der Waals surface area contributed by atoms with Gasteiger partial charge in [0.15, 0.2) is 9.84 Å². The van der Waals surface area contributed by atoms with Crippen LogP contribution in [0.5, 0.6) is 0 Å². The minimum Gasteiger partial charge on any atom is -0.462 e. The second kappa shape index (κ2) is 45.3. The van der Waals surface area contributed by atoms with Gasteiger partial charge in [-0.1, -0.05) is 221 Å². The third-order valence-corrected chi connectivity index (χ3v) is 39.2. The number of benzene rings is 5. The number of nitriles is 5. The van der Waals surface area contributed by atoms with Crippen LogP contribution in [-0.4, -0.2) is 121 Å². The van der Waals surface area contributed by atoms with Crippen molar-refractivity contribution < 1.29 is 39.6 Å². The molecule has 10 aromatic rings. The zero-order valence-corrected chi connectivity index (χ0v) is 86.0. The Hall–Kier alpha value is -13.3. The molecule has 144 heavy (non-hydrogen) atoms. The van der Waals surface area contributed by atoms with Gasteiger partial charge in [-0.05, 0) is 242 Å². The summed E-state index contributed by atoms with van der Waals surface area (Å²) in [7, 11) is -7.53. The summed E-state index contributed by atoms with van der Waals surface area (Å²) in [6, 6.07) is 68.6. The fourth-order valence-corrected chi connectivity index (χ4v) is 30.3. The molecule has 5 saturated heterocycles. The number of carbonyl (C=O) groups is 2. The van der Waals surface area contributed by atoms with Gasteiger partial charge in [-0.15, -0.1) is 0 Å². The predicted molar refractivity (Wildman–Crippen MR) is 566 cm³/mol. The molecule has 1 amide bonds. The quantitative estimate of drug-likeness (QED) is 0.0900. The van der Waals surface area contributed by atoms with Gasteiger partial charge >= 0.3 is 5.97 Å². The van der Waals surface area contributed by atoms with Crippen molar-refractivity contribution in [2.24, 2.45) is 130 Å². The molecule has 5 aliphatic carbocycles. The summed E-state index contributed by atoms with van der Waals surface area (Å²) < 4.78 is 83.8. The monoisotopic (exact) mass is 1980 g/mol. The van der Waals surface area contributed by atoms with Crippen molar-refractivity contribution in [3.63, 3.8) is 0 Å². The number of pyridine rings is 5. The van der Waals surface area contributed by atoms with Gasteiger partial charge in [0.2, 0.25) is 26.0 Å². The molecule has 10 heterocycles. The zero-order valence-electron chi connectivity index (χ0n) is 83.5. The molecule has 5 aromatic heterocycles. The maximum absolute atomic E-state index is 12.5. The Morgan fingerprint density at radius 2 is 0.688 bits per heavy atom. The first-order valence-corrected chi connectivity index (χ1v) is 55.5. The van der Waals surface area contributed by atoms with E-state index in [-0.39, 0.29) is 82.4 Å². The van der Waals surface area contributed by atoms with Gasteiger partial charge in [0, 0.05) is 125 Å². The van der Waals surface area contributed by atoms with Crippen LogP contribution in [-0.2, 0) is 44.2 Å². The molecule has 740 valence electrons. The first-order chi connectivity index (χ1) is 69.2. The van der Waals surface area contributed by atoms with Gasteiger partial charge < -0.3 is 10.1 Å². The maximum Gasteiger partial charge on any atom is 0.306 e. The number of nitrogens with zero attached hydrogens (tertiary/aromatic N) is 11. The predicted octanol–water partition coefficient (Wildman–Crippen LogP) is 21.8. The number of nitrogens with one attached hydrogen (secondary N) is 2. The van der Waals surface area contributed by atoms with Crippen LogP contribution in [0, 0.1) is 187 Å². The highest BCUT2D eigenvalue weighted by atomic mass is 32.2. The third-order valence-electron chi connectivity index (χ3n) is 33.5. The number of esters is 1. The first kappa shape index (κ1) is 104. The number of ether oxygens (including phenoxy) is 1. The zero-order chi connectivity index (χ0) is 102. The molecule has 25 heteroatoms. The summed E-state index contributed by atoms with van der Waals surface area (Å²) in [5.41, 5.74) is 16.5. The summed E-state index contributed by atoms with van der Waals surface area (Å²) in [4.78, 5) is 46.7. The molecule has 5 saturated carbocycles. The lowest BCUT2D eigenvalue weighted by Crippen LogP contribution is -2.43. The van der Waals surface area contributed by atoms with Crippen LogP contribution < -0.4 is 10.0 Å². The van der Waals surface area contributed by atoms with E-state index in [4.69, 9.17) is 4.74 Å². The molecule has 20 rings (SSSR count). The summed E-state index contributed by atoms with van der Waals surface area (Å²) >= 11 is 0. The summed E-state index contributed by atoms with van der Waals surface area (Å²) in [6.07, 6.45) is 35.4. The van der Waals surface area contributed by atoms with E-state index in [0.29, 0.717) is 135 Å². The van der Waals surface area contributed by atoms with Crippen molar-refractivity contribution in [2.75, 3.05) is 37.4 Å². The van der Waals surface area contributed by atoms with E-state index in [0.717, 1.165) is 123 Å². The number of sulfone groups is 1. The number of sulfonamides is 2. The van der Waals surface area contributed by atoms with E-state index in [1.807, 2.05) is 194 Å². The fourth-order valence-electron chi connectivity index (χ4n) is 24.3. The summed E-state index contributed by atoms with van der Waals surface area (Å²) in [5, 5.41) is 49.2. The van der Waals surface area contributed by atoms with Gasteiger partial charge in [-0.3, -0.25) is 34.5 Å². The van der Waals surface area contributed by atoms with Crippen molar-refractivity contribution in [2.45, 2.75) is 125 Å². The molecule has 10 fully saturated rings. The largest absolute Gasteiger partial charge is 0.462 e. The summed E-state index contributed by atoms with van der Waals surface area (Å²) in [6.45, 7) is 23.7. The van der Waals surface area contributed by atoms with Gasteiger partial charge in [-0.25, -0.2) is 34.3 Å². The van der Waals surface area contributed by atoms with E-state index < -0.39 is 29.9 Å². The SMILES string of the molecule is C[C@H]1[C@H](/C=C/c2ccc(-c3ccccc3C#N)cn2)[C@@H]2CS(=O)(=O)C[C@@H]2C[C@@H]1C.C[C@H]1[C@H](/C=C/c2ccc(-c3ccccc3C#N)cn2)[C@@H]2CS(=O)(=O)N(C)[C@@H]2C[C@@H]1C.C[C@H]1[C@H](/C=C/c2ccc(-c3ccccc3C#N)cn2)[C@H]2CC(=O)O[C@H]2C[C@@H]1C.C[C@H]1[C@H](/C=C/c2ccc(-c3ccccc3C#N)cn2)[C@H]2CNC(=O)[C@H]2C[C@@H]1C.C[C@H]1[C@H](/C=C/c2ccc(-c3ccccc3C#N)cn2)[C@H]2CNS(=O)(=O)[C@H]2C[C@@H]1C. The van der Waals surface area contributed by atoms with Crippen LogP contribution in [0.15, 0.2) is 243 Å². The molecule has 25 atom stereocenters. The van der Waals surface area contributed by atoms with Crippen LogP contribution in [0.3, 0.4) is 0 Å². The standard InChI is InChI=1S/C24H27N3O2S.C24H25N3O.C24H26N2O2S.C24H24N2O2.C23H25N3O2S/c1-16-12-24-23(15-30(28,29)27(24)3)21(17(16)2)11-10-20-9-8-19(14-26-20)22-7-5-4-6-18(22)13-25;1-15-11-22-23(14-27-24(22)28)20(16(15)2)10-9-19-8-7-18(13-26-19)21-6-4-3-5-17(21)12-25;1-16-11-20-14-29(27,28)15-24(20)22(17(16)2)10-9-21-8-7-19(13-26-21)23-6-4-3-5-18(23)12-25;1-15-11-23-22(12-24(27)28-23)20(16(15)2)10-9-19-8-7-18(14-26-19)21-6-4-3-5-17(21)13-25;1-15-11-23-22(14-26-29(23,27)28)20(16(15)2)10-9-19-8-7-18(13-25-19)21-6-4-3-5-17(21)12-24/h4-11,14,16-17,21,23-24H,12,15H2,1-3H3;3-10,13,15-16,20,22-23H,11,14H2,1-2H3,(H,27,28);3-10,13,16-17,20,22,24H,11,14-15H2,1-2H3;3-10,14-16,20,22-23H,11-12H2,1-2H3;3-10,13,15-16,20,22-23,26H,11,14H2,1-2H3/b11-10+;4*10-9+/t16-,17+,21-,23-,24+;15-,16+,20-,22-,23+;16-,17+,20-,22-,24+;2*15-,16+,20-,22+,23-/m00000/s1. The number of aromatic nitrogens is 5. The third kappa shape index (κ3) is 23.2. The van der Waals surface area contributed by atoms with Crippen LogP contribution in [0.4, 0.5) is 0 Å². The molecule has 0 unspecified atom stereocenters. The average molecular weight is 1980 g/mol. The topological polar surface area (TPSA) is 356 Å². The van der Waals surface area contributed by atoms with Crippen LogP contribution in [0.2, 0.25) is 0 Å². The molecule has 22 nitrogen and oxygen atoms in total. The van der Waals surface area contributed by atoms with Crippen LogP contribution in [0.25, 0.3) is 86.0 Å². The highest BCUT2D eigenvalue weighted by Crippen LogP contribution is 2.52. The Kier molecular flexibility index (Phi) is 32.6. The second-order valence-electron chi connectivity index (χ2n) is 41.7.